The normalized spacial score (nSPS) is 10.7. The molecule has 4 aromatic rings. The number of halogens is 1. The van der Waals surface area contributed by atoms with Crippen LogP contribution in [0.5, 0.6) is 0 Å². The number of benzene rings is 3. The van der Waals surface area contributed by atoms with Gasteiger partial charge in [0.25, 0.3) is 11.8 Å². The first kappa shape index (κ1) is 22.8. The summed E-state index contributed by atoms with van der Waals surface area (Å²) in [6.07, 6.45) is 0. The van der Waals surface area contributed by atoms with E-state index in [0.29, 0.717) is 28.5 Å². The minimum absolute atomic E-state index is 0.210. The minimum atomic E-state index is -0.434. The molecular weight excluding hydrogens is 435 g/mol. The van der Waals surface area contributed by atoms with Crippen molar-refractivity contribution in [3.05, 3.63) is 94.8 Å². The molecule has 8 heteroatoms. The topological polar surface area (TPSA) is 97.1 Å². The van der Waals surface area contributed by atoms with Gasteiger partial charge in [-0.2, -0.15) is 0 Å². The molecule has 0 bridgehead atoms. The molecule has 1 heterocycles. The lowest BCUT2D eigenvalue weighted by molar-refractivity contribution is 0.0927. The number of nitrogens with zero attached hydrogens (tertiary/aromatic N) is 2. The highest BCUT2D eigenvalue weighted by atomic mass is 19.1. The SMILES string of the molecule is Cc1ccc(C(=O)NCCNC(=O)c2ccc(-c3nnc(-c4ccccc4C)o3)cc2)cc1F. The molecule has 7 nitrogen and oxygen atoms in total. The molecule has 2 N–H and O–H groups in total. The molecule has 0 aliphatic heterocycles. The average Bonchev–Trinajstić information content (AvgIpc) is 3.33. The van der Waals surface area contributed by atoms with Gasteiger partial charge in [0.1, 0.15) is 5.82 Å². The molecule has 2 amide bonds. The fraction of sp³-hybridized carbons (Fsp3) is 0.154. The fourth-order valence-electron chi connectivity index (χ4n) is 3.32. The first-order valence-electron chi connectivity index (χ1n) is 10.7. The quantitative estimate of drug-likeness (QED) is 0.402. The second-order valence-corrected chi connectivity index (χ2v) is 7.78. The molecule has 1 aromatic heterocycles. The van der Waals surface area contributed by atoms with E-state index in [1.807, 2.05) is 31.2 Å². The van der Waals surface area contributed by atoms with E-state index in [-0.39, 0.29) is 24.6 Å². The molecule has 0 aliphatic carbocycles. The third-order valence-electron chi connectivity index (χ3n) is 5.32. The van der Waals surface area contributed by atoms with Crippen LogP contribution in [-0.4, -0.2) is 35.1 Å². The molecule has 3 aromatic carbocycles. The predicted molar refractivity (Wildman–Crippen MR) is 126 cm³/mol. The molecular formula is C26H23FN4O3. The van der Waals surface area contributed by atoms with E-state index in [1.54, 1.807) is 43.3 Å². The van der Waals surface area contributed by atoms with E-state index < -0.39 is 11.7 Å². The lowest BCUT2D eigenvalue weighted by Gasteiger charge is -2.08. The van der Waals surface area contributed by atoms with Crippen molar-refractivity contribution < 1.29 is 18.4 Å². The molecule has 0 atom stereocenters. The number of amides is 2. The van der Waals surface area contributed by atoms with Crippen LogP contribution in [0.2, 0.25) is 0 Å². The van der Waals surface area contributed by atoms with Gasteiger partial charge in [0, 0.05) is 35.3 Å². The van der Waals surface area contributed by atoms with Gasteiger partial charge >= 0.3 is 0 Å². The summed E-state index contributed by atoms with van der Waals surface area (Å²) in [5.41, 5.74) is 3.76. The summed E-state index contributed by atoms with van der Waals surface area (Å²) in [6, 6.07) is 18.8. The average molecular weight is 458 g/mol. The first-order valence-corrected chi connectivity index (χ1v) is 10.7. The second kappa shape index (κ2) is 10.1. The van der Waals surface area contributed by atoms with E-state index in [1.165, 1.54) is 6.07 Å². The van der Waals surface area contributed by atoms with Crippen LogP contribution in [0.3, 0.4) is 0 Å². The van der Waals surface area contributed by atoms with Gasteiger partial charge < -0.3 is 15.1 Å². The maximum Gasteiger partial charge on any atom is 0.251 e. The summed E-state index contributed by atoms with van der Waals surface area (Å²) in [7, 11) is 0. The molecule has 0 fully saturated rings. The number of rotatable bonds is 7. The lowest BCUT2D eigenvalue weighted by Crippen LogP contribution is -2.34. The number of carbonyl (C=O) groups is 2. The maximum absolute atomic E-state index is 13.6. The van der Waals surface area contributed by atoms with E-state index in [2.05, 4.69) is 20.8 Å². The third kappa shape index (κ3) is 5.17. The molecule has 0 saturated carbocycles. The monoisotopic (exact) mass is 458 g/mol. The van der Waals surface area contributed by atoms with Crippen molar-refractivity contribution in [3.63, 3.8) is 0 Å². The van der Waals surface area contributed by atoms with Crippen molar-refractivity contribution >= 4 is 11.8 Å². The van der Waals surface area contributed by atoms with Crippen LogP contribution in [0.1, 0.15) is 31.8 Å². The fourth-order valence-corrected chi connectivity index (χ4v) is 3.32. The molecule has 0 spiro atoms. The van der Waals surface area contributed by atoms with Gasteiger partial charge in [0.2, 0.25) is 11.8 Å². The summed E-state index contributed by atoms with van der Waals surface area (Å²) in [5, 5.41) is 13.6. The van der Waals surface area contributed by atoms with Crippen molar-refractivity contribution in [1.29, 1.82) is 0 Å². The zero-order valence-corrected chi connectivity index (χ0v) is 18.8. The van der Waals surface area contributed by atoms with Gasteiger partial charge in [-0.3, -0.25) is 9.59 Å². The van der Waals surface area contributed by atoms with Gasteiger partial charge in [-0.1, -0.05) is 24.3 Å². The highest BCUT2D eigenvalue weighted by Crippen LogP contribution is 2.26. The Hall–Kier alpha value is -4.33. The van der Waals surface area contributed by atoms with E-state index >= 15 is 0 Å². The number of aryl methyl sites for hydroxylation is 2. The van der Waals surface area contributed by atoms with E-state index in [0.717, 1.165) is 11.1 Å². The lowest BCUT2D eigenvalue weighted by atomic mass is 10.1. The molecule has 0 saturated heterocycles. The summed E-state index contributed by atoms with van der Waals surface area (Å²) in [5.74, 6) is -0.322. The smallest absolute Gasteiger partial charge is 0.251 e. The molecule has 0 aliphatic rings. The van der Waals surface area contributed by atoms with E-state index in [4.69, 9.17) is 4.42 Å². The molecule has 172 valence electrons. The Balaban J connectivity index is 1.30. The summed E-state index contributed by atoms with van der Waals surface area (Å²) in [6.45, 7) is 4.04. The van der Waals surface area contributed by atoms with Crippen molar-refractivity contribution in [3.8, 4) is 22.9 Å². The number of hydrogen-bond donors (Lipinski definition) is 2. The van der Waals surface area contributed by atoms with Crippen LogP contribution in [0, 0.1) is 19.7 Å². The Morgan fingerprint density at radius 1 is 0.794 bits per heavy atom. The van der Waals surface area contributed by atoms with Crippen LogP contribution in [-0.2, 0) is 0 Å². The van der Waals surface area contributed by atoms with Gasteiger partial charge in [-0.05, 0) is 67.4 Å². The zero-order valence-electron chi connectivity index (χ0n) is 18.8. The summed E-state index contributed by atoms with van der Waals surface area (Å²) < 4.78 is 19.4. The molecule has 4 rings (SSSR count). The van der Waals surface area contributed by atoms with Gasteiger partial charge in [0.15, 0.2) is 0 Å². The molecule has 0 radical (unpaired) electrons. The first-order chi connectivity index (χ1) is 16.4. The van der Waals surface area contributed by atoms with Crippen molar-refractivity contribution in [2.45, 2.75) is 13.8 Å². The van der Waals surface area contributed by atoms with Crippen molar-refractivity contribution in [2.24, 2.45) is 0 Å². The van der Waals surface area contributed by atoms with Gasteiger partial charge in [-0.15, -0.1) is 10.2 Å². The Morgan fingerprint density at radius 2 is 1.41 bits per heavy atom. The molecule has 0 unspecified atom stereocenters. The predicted octanol–water partition coefficient (Wildman–Crippen LogP) is 4.32. The Bertz CT molecular complexity index is 1330. The zero-order chi connectivity index (χ0) is 24.1. The van der Waals surface area contributed by atoms with Crippen LogP contribution in [0.25, 0.3) is 22.9 Å². The Morgan fingerprint density at radius 3 is 2.09 bits per heavy atom. The molecule has 34 heavy (non-hydrogen) atoms. The minimum Gasteiger partial charge on any atom is -0.416 e. The maximum atomic E-state index is 13.6. The van der Waals surface area contributed by atoms with Crippen LogP contribution < -0.4 is 10.6 Å². The third-order valence-corrected chi connectivity index (χ3v) is 5.32. The standard InChI is InChI=1S/C26H23FN4O3/c1-16-5-3-4-6-21(16)26-31-30-25(34-26)19-11-9-18(10-12-19)23(32)28-13-14-29-24(33)20-8-7-17(2)22(27)15-20/h3-12,15H,13-14H2,1-2H3,(H,28,32)(H,29,33). The highest BCUT2D eigenvalue weighted by Gasteiger charge is 2.13. The summed E-state index contributed by atoms with van der Waals surface area (Å²) >= 11 is 0. The summed E-state index contributed by atoms with van der Waals surface area (Å²) in [4.78, 5) is 24.5. The second-order valence-electron chi connectivity index (χ2n) is 7.78. The number of hydrogen-bond acceptors (Lipinski definition) is 5. The van der Waals surface area contributed by atoms with Crippen molar-refractivity contribution in [1.82, 2.24) is 20.8 Å². The van der Waals surface area contributed by atoms with Gasteiger partial charge in [-0.25, -0.2) is 4.39 Å². The largest absolute Gasteiger partial charge is 0.416 e. The highest BCUT2D eigenvalue weighted by molar-refractivity contribution is 5.95. The number of aromatic nitrogens is 2. The number of carbonyl (C=O) groups excluding carboxylic acids is 2. The van der Waals surface area contributed by atoms with Crippen molar-refractivity contribution in [2.75, 3.05) is 13.1 Å². The Kier molecular flexibility index (Phi) is 6.77. The van der Waals surface area contributed by atoms with Crippen LogP contribution in [0.4, 0.5) is 4.39 Å². The van der Waals surface area contributed by atoms with Crippen LogP contribution >= 0.6 is 0 Å². The van der Waals surface area contributed by atoms with E-state index in [9.17, 15) is 14.0 Å². The van der Waals surface area contributed by atoms with Gasteiger partial charge in [0.05, 0.1) is 0 Å². The number of nitrogens with one attached hydrogen (secondary N) is 2. The Labute approximate surface area is 196 Å². The van der Waals surface area contributed by atoms with Crippen LogP contribution in [0.15, 0.2) is 71.1 Å².